The molecule has 3 heterocycles. The van der Waals surface area contributed by atoms with E-state index in [0.717, 1.165) is 36.1 Å². The van der Waals surface area contributed by atoms with Crippen LogP contribution < -0.4 is 0 Å². The van der Waals surface area contributed by atoms with Crippen molar-refractivity contribution in [2.45, 2.75) is 19.8 Å². The van der Waals surface area contributed by atoms with Crippen molar-refractivity contribution < 1.29 is 4.79 Å². The van der Waals surface area contributed by atoms with Crippen LogP contribution in [0.1, 0.15) is 25.5 Å². The molecule has 4 heteroatoms. The van der Waals surface area contributed by atoms with Crippen LogP contribution in [0.5, 0.6) is 0 Å². The maximum atomic E-state index is 11.4. The van der Waals surface area contributed by atoms with E-state index in [9.17, 15) is 4.79 Å². The molecular weight excluding hydrogens is 226 g/mol. The van der Waals surface area contributed by atoms with Crippen LogP contribution in [0.15, 0.2) is 30.6 Å². The Morgan fingerprint density at radius 2 is 2.39 bits per heavy atom. The molecule has 0 radical (unpaired) electrons. The Morgan fingerprint density at radius 3 is 3.17 bits per heavy atom. The third-order valence-corrected chi connectivity index (χ3v) is 3.30. The predicted octanol–water partition coefficient (Wildman–Crippen LogP) is 2.55. The Bertz CT molecular complexity index is 594. The first kappa shape index (κ1) is 11.0. The van der Waals surface area contributed by atoms with Crippen LogP contribution in [0.4, 0.5) is 0 Å². The maximum absolute atomic E-state index is 11.4. The van der Waals surface area contributed by atoms with Crippen LogP contribution in [0.25, 0.3) is 16.6 Å². The summed E-state index contributed by atoms with van der Waals surface area (Å²) in [6.45, 7) is 2.42. The van der Waals surface area contributed by atoms with Gasteiger partial charge in [0.05, 0.1) is 11.0 Å². The van der Waals surface area contributed by atoms with Crippen molar-refractivity contribution in [2.75, 3.05) is 6.54 Å². The highest BCUT2D eigenvalue weighted by Gasteiger charge is 2.15. The summed E-state index contributed by atoms with van der Waals surface area (Å²) in [7, 11) is 0. The van der Waals surface area contributed by atoms with Gasteiger partial charge in [-0.25, -0.2) is 0 Å². The Balaban J connectivity index is 2.01. The molecule has 3 rings (SSSR count). The van der Waals surface area contributed by atoms with E-state index in [1.165, 1.54) is 5.57 Å². The number of H-pyrrole nitrogens is 1. The standard InChI is InChI=1S/C14H15N3O/c1-10(18)17-7-3-4-11(9-17)13-8-14-12(16-13)5-2-6-15-14/h2,5-6,8-9,16H,3-4,7H2,1H3. The topological polar surface area (TPSA) is 49.0 Å². The van der Waals surface area contributed by atoms with Crippen LogP contribution >= 0.6 is 0 Å². The van der Waals surface area contributed by atoms with Gasteiger partial charge in [-0.1, -0.05) is 0 Å². The van der Waals surface area contributed by atoms with Crippen LogP contribution in [0.3, 0.4) is 0 Å². The van der Waals surface area contributed by atoms with Gasteiger partial charge >= 0.3 is 0 Å². The number of aromatic nitrogens is 2. The molecule has 1 aliphatic rings. The molecule has 18 heavy (non-hydrogen) atoms. The lowest BCUT2D eigenvalue weighted by molar-refractivity contribution is -0.126. The molecule has 92 valence electrons. The van der Waals surface area contributed by atoms with Crippen LogP contribution in [-0.4, -0.2) is 27.3 Å². The second kappa shape index (κ2) is 4.29. The summed E-state index contributed by atoms with van der Waals surface area (Å²) in [5.41, 5.74) is 4.24. The summed E-state index contributed by atoms with van der Waals surface area (Å²) in [4.78, 5) is 20.8. The fourth-order valence-corrected chi connectivity index (χ4v) is 2.34. The minimum Gasteiger partial charge on any atom is -0.353 e. The Kier molecular flexibility index (Phi) is 2.63. The average Bonchev–Trinajstić information content (AvgIpc) is 2.82. The molecule has 0 fully saturated rings. The van der Waals surface area contributed by atoms with Gasteiger partial charge in [-0.3, -0.25) is 9.78 Å². The van der Waals surface area contributed by atoms with Crippen molar-refractivity contribution in [3.05, 3.63) is 36.3 Å². The number of nitrogens with one attached hydrogen (secondary N) is 1. The molecule has 1 aliphatic heterocycles. The molecule has 0 spiro atoms. The van der Waals surface area contributed by atoms with Gasteiger partial charge in [0.2, 0.25) is 5.91 Å². The Hall–Kier alpha value is -2.10. The summed E-state index contributed by atoms with van der Waals surface area (Å²) in [5.74, 6) is 0.0986. The van der Waals surface area contributed by atoms with Gasteiger partial charge in [-0.2, -0.15) is 0 Å². The number of pyridine rings is 1. The molecule has 2 aromatic heterocycles. The van der Waals surface area contributed by atoms with E-state index in [-0.39, 0.29) is 5.91 Å². The summed E-state index contributed by atoms with van der Waals surface area (Å²) in [5, 5.41) is 0. The van der Waals surface area contributed by atoms with E-state index < -0.39 is 0 Å². The molecule has 0 unspecified atom stereocenters. The number of fused-ring (bicyclic) bond motifs is 1. The van der Waals surface area contributed by atoms with Crippen molar-refractivity contribution in [1.82, 2.24) is 14.9 Å². The molecule has 0 saturated heterocycles. The second-order valence-electron chi connectivity index (χ2n) is 4.59. The Labute approximate surface area is 105 Å². The van der Waals surface area contributed by atoms with E-state index in [1.807, 2.05) is 24.4 Å². The molecule has 1 amide bonds. The van der Waals surface area contributed by atoms with E-state index in [2.05, 4.69) is 9.97 Å². The van der Waals surface area contributed by atoms with Gasteiger partial charge in [0.25, 0.3) is 0 Å². The number of hydrogen-bond acceptors (Lipinski definition) is 2. The maximum Gasteiger partial charge on any atom is 0.223 e. The monoisotopic (exact) mass is 241 g/mol. The normalized spacial score (nSPS) is 15.8. The summed E-state index contributed by atoms with van der Waals surface area (Å²) in [6.07, 6.45) is 5.75. The minimum absolute atomic E-state index is 0.0986. The number of nitrogens with zero attached hydrogens (tertiary/aromatic N) is 2. The van der Waals surface area contributed by atoms with Crippen molar-refractivity contribution in [3.63, 3.8) is 0 Å². The van der Waals surface area contributed by atoms with Crippen molar-refractivity contribution in [3.8, 4) is 0 Å². The summed E-state index contributed by atoms with van der Waals surface area (Å²) < 4.78 is 0. The number of hydrogen-bond donors (Lipinski definition) is 1. The molecule has 0 aromatic carbocycles. The number of carbonyl (C=O) groups excluding carboxylic acids is 1. The average molecular weight is 241 g/mol. The van der Waals surface area contributed by atoms with E-state index >= 15 is 0 Å². The van der Waals surface area contributed by atoms with Gasteiger partial charge in [-0.15, -0.1) is 0 Å². The second-order valence-corrected chi connectivity index (χ2v) is 4.59. The third kappa shape index (κ3) is 1.90. The zero-order valence-electron chi connectivity index (χ0n) is 10.3. The molecule has 0 atom stereocenters. The van der Waals surface area contributed by atoms with Crippen LogP contribution in [-0.2, 0) is 4.79 Å². The number of aromatic amines is 1. The highest BCUT2D eigenvalue weighted by Crippen LogP contribution is 2.26. The Morgan fingerprint density at radius 1 is 1.50 bits per heavy atom. The van der Waals surface area contributed by atoms with Gasteiger partial charge in [-0.05, 0) is 36.6 Å². The number of carbonyl (C=O) groups is 1. The first-order valence-electron chi connectivity index (χ1n) is 6.16. The molecule has 1 N–H and O–H groups in total. The molecule has 0 saturated carbocycles. The van der Waals surface area contributed by atoms with Gasteiger partial charge in [0.15, 0.2) is 0 Å². The van der Waals surface area contributed by atoms with Crippen molar-refractivity contribution >= 4 is 22.5 Å². The first-order chi connectivity index (χ1) is 8.74. The highest BCUT2D eigenvalue weighted by atomic mass is 16.2. The predicted molar refractivity (Wildman–Crippen MR) is 70.7 cm³/mol. The molecule has 0 bridgehead atoms. The van der Waals surface area contributed by atoms with Crippen LogP contribution in [0, 0.1) is 0 Å². The van der Waals surface area contributed by atoms with Crippen molar-refractivity contribution in [2.24, 2.45) is 0 Å². The van der Waals surface area contributed by atoms with E-state index in [0.29, 0.717) is 0 Å². The SMILES string of the molecule is CC(=O)N1C=C(c2cc3ncccc3[nH]2)CCC1. The zero-order chi connectivity index (χ0) is 12.5. The lowest BCUT2D eigenvalue weighted by Crippen LogP contribution is -2.27. The third-order valence-electron chi connectivity index (χ3n) is 3.30. The first-order valence-corrected chi connectivity index (χ1v) is 6.16. The van der Waals surface area contributed by atoms with Gasteiger partial charge in [0, 0.05) is 31.6 Å². The van der Waals surface area contributed by atoms with E-state index in [4.69, 9.17) is 0 Å². The fraction of sp³-hybridized carbons (Fsp3) is 0.286. The van der Waals surface area contributed by atoms with Crippen LogP contribution in [0.2, 0.25) is 0 Å². The number of rotatable bonds is 1. The van der Waals surface area contributed by atoms with Gasteiger partial charge in [0.1, 0.15) is 0 Å². The lowest BCUT2D eigenvalue weighted by Gasteiger charge is -2.23. The quantitative estimate of drug-likeness (QED) is 0.834. The molecule has 4 nitrogen and oxygen atoms in total. The molecule has 2 aromatic rings. The molecule has 0 aliphatic carbocycles. The fourth-order valence-electron chi connectivity index (χ4n) is 2.34. The smallest absolute Gasteiger partial charge is 0.223 e. The number of amides is 1. The lowest BCUT2D eigenvalue weighted by atomic mass is 10.0. The number of allylic oxidation sites excluding steroid dienone is 1. The largest absolute Gasteiger partial charge is 0.353 e. The van der Waals surface area contributed by atoms with E-state index in [1.54, 1.807) is 18.0 Å². The molecular formula is C14H15N3O. The highest BCUT2D eigenvalue weighted by molar-refractivity contribution is 5.83. The van der Waals surface area contributed by atoms with Crippen molar-refractivity contribution in [1.29, 1.82) is 0 Å². The minimum atomic E-state index is 0.0986. The zero-order valence-corrected chi connectivity index (χ0v) is 10.3. The van der Waals surface area contributed by atoms with Gasteiger partial charge < -0.3 is 9.88 Å². The summed E-state index contributed by atoms with van der Waals surface area (Å²) in [6, 6.07) is 5.97. The summed E-state index contributed by atoms with van der Waals surface area (Å²) >= 11 is 0.